The van der Waals surface area contributed by atoms with Crippen molar-refractivity contribution < 1.29 is 22.7 Å². The summed E-state index contributed by atoms with van der Waals surface area (Å²) in [5.41, 5.74) is 2.57. The summed E-state index contributed by atoms with van der Waals surface area (Å²) in [6, 6.07) is 10.7. The maximum Gasteiger partial charge on any atom is 0.338 e. The van der Waals surface area contributed by atoms with Gasteiger partial charge >= 0.3 is 5.97 Å². The lowest BCUT2D eigenvalue weighted by Crippen LogP contribution is -2.33. The maximum absolute atomic E-state index is 12.6. The van der Waals surface area contributed by atoms with Crippen LogP contribution in [0.1, 0.15) is 52.6 Å². The third-order valence-electron chi connectivity index (χ3n) is 4.92. The minimum Gasteiger partial charge on any atom is -0.451 e. The molecule has 0 N–H and O–H groups in total. The molecule has 2 aromatic carbocycles. The number of sulfonamides is 1. The van der Waals surface area contributed by atoms with Gasteiger partial charge in [0.05, 0.1) is 10.5 Å². The molecule has 0 spiro atoms. The molecule has 0 unspecified atom stereocenters. The van der Waals surface area contributed by atoms with Gasteiger partial charge in [-0.05, 0) is 70.0 Å². The number of nitrogens with zero attached hydrogens (tertiary/aromatic N) is 1. The van der Waals surface area contributed by atoms with Gasteiger partial charge in [-0.2, -0.15) is 4.31 Å². The molecular weight excluding hydrogens is 390 g/mol. The quantitative estimate of drug-likeness (QED) is 0.506. The van der Waals surface area contributed by atoms with Crippen LogP contribution in [0.25, 0.3) is 0 Å². The zero-order valence-corrected chi connectivity index (χ0v) is 18.4. The lowest BCUT2D eigenvalue weighted by Gasteiger charge is -2.21. The largest absolute Gasteiger partial charge is 0.451 e. The van der Waals surface area contributed by atoms with Crippen LogP contribution in [0.3, 0.4) is 0 Å². The number of ketones is 1. The molecule has 0 aromatic heterocycles. The van der Waals surface area contributed by atoms with Crippen molar-refractivity contribution >= 4 is 21.8 Å². The van der Waals surface area contributed by atoms with E-state index in [0.717, 1.165) is 11.1 Å². The molecule has 0 aliphatic rings. The highest BCUT2D eigenvalue weighted by molar-refractivity contribution is 7.89. The second kappa shape index (κ2) is 8.88. The molecule has 7 heteroatoms. The molecule has 0 bridgehead atoms. The van der Waals surface area contributed by atoms with Crippen molar-refractivity contribution in [2.75, 3.05) is 7.05 Å². The smallest absolute Gasteiger partial charge is 0.338 e. The fourth-order valence-corrected chi connectivity index (χ4v) is 4.05. The number of rotatable bonds is 7. The molecule has 0 radical (unpaired) electrons. The summed E-state index contributed by atoms with van der Waals surface area (Å²) in [5, 5.41) is 0. The maximum atomic E-state index is 12.6. The molecule has 0 aliphatic carbocycles. The van der Waals surface area contributed by atoms with E-state index in [1.54, 1.807) is 26.0 Å². The molecule has 2 aromatic rings. The van der Waals surface area contributed by atoms with Gasteiger partial charge in [-0.15, -0.1) is 0 Å². The molecule has 0 amide bonds. The van der Waals surface area contributed by atoms with Gasteiger partial charge in [-0.25, -0.2) is 13.2 Å². The third kappa shape index (κ3) is 5.10. The third-order valence-corrected chi connectivity index (χ3v) is 6.95. The van der Waals surface area contributed by atoms with E-state index < -0.39 is 22.1 Å². The van der Waals surface area contributed by atoms with Crippen molar-refractivity contribution in [3.63, 3.8) is 0 Å². The van der Waals surface area contributed by atoms with Gasteiger partial charge in [-0.3, -0.25) is 4.79 Å². The predicted octanol–water partition coefficient (Wildman–Crippen LogP) is 3.76. The van der Waals surface area contributed by atoms with Crippen LogP contribution in [0.15, 0.2) is 47.4 Å². The highest BCUT2D eigenvalue weighted by Gasteiger charge is 2.25. The summed E-state index contributed by atoms with van der Waals surface area (Å²) in [5.74, 6) is -1.07. The fraction of sp³-hybridized carbons (Fsp3) is 0.364. The first-order valence-electron chi connectivity index (χ1n) is 9.35. The topological polar surface area (TPSA) is 80.8 Å². The number of aryl methyl sites for hydroxylation is 2. The van der Waals surface area contributed by atoms with E-state index in [9.17, 15) is 18.0 Å². The molecule has 6 nitrogen and oxygen atoms in total. The van der Waals surface area contributed by atoms with Crippen LogP contribution in [0, 0.1) is 13.8 Å². The summed E-state index contributed by atoms with van der Waals surface area (Å²) in [4.78, 5) is 25.1. The van der Waals surface area contributed by atoms with Crippen LogP contribution in [-0.2, 0) is 14.8 Å². The number of hydrogen-bond donors (Lipinski definition) is 0. The monoisotopic (exact) mass is 417 g/mol. The average Bonchev–Trinajstić information content (AvgIpc) is 2.68. The second-order valence-electron chi connectivity index (χ2n) is 7.35. The van der Waals surface area contributed by atoms with Gasteiger partial charge in [0.15, 0.2) is 6.10 Å². The van der Waals surface area contributed by atoms with E-state index in [1.807, 2.05) is 19.9 Å². The number of benzene rings is 2. The van der Waals surface area contributed by atoms with E-state index in [-0.39, 0.29) is 22.3 Å². The number of carbonyl (C=O) groups excluding carboxylic acids is 2. The Morgan fingerprint density at radius 2 is 1.59 bits per heavy atom. The molecular formula is C22H27NO5S. The highest BCUT2D eigenvalue weighted by atomic mass is 32.2. The Hall–Kier alpha value is -2.51. The number of Topliss-reactive ketones (excluding diaryl/α,β-unsaturated/α-hetero) is 1. The number of carbonyl (C=O) groups is 2. The standard InChI is InChI=1S/C22H27NO5S/c1-14(2)23(6)29(26,27)20-9-7-8-19(13-20)22(25)28-17(5)21(24)18-11-10-15(3)16(4)12-18/h7-14,17H,1-6H3/t17-/m1/s1. The molecule has 29 heavy (non-hydrogen) atoms. The first-order chi connectivity index (χ1) is 13.4. The summed E-state index contributed by atoms with van der Waals surface area (Å²) >= 11 is 0. The fourth-order valence-electron chi connectivity index (χ4n) is 2.64. The van der Waals surface area contributed by atoms with Crippen molar-refractivity contribution in [3.8, 4) is 0 Å². The van der Waals surface area contributed by atoms with Crippen LogP contribution in [0.2, 0.25) is 0 Å². The molecule has 0 fully saturated rings. The van der Waals surface area contributed by atoms with Gasteiger partial charge in [0.1, 0.15) is 0 Å². The van der Waals surface area contributed by atoms with E-state index in [0.29, 0.717) is 5.56 Å². The van der Waals surface area contributed by atoms with Crippen molar-refractivity contribution in [1.29, 1.82) is 0 Å². The van der Waals surface area contributed by atoms with Gasteiger partial charge in [0.2, 0.25) is 15.8 Å². The average molecular weight is 418 g/mol. The highest BCUT2D eigenvalue weighted by Crippen LogP contribution is 2.19. The Bertz CT molecular complexity index is 1030. The Labute approximate surface area is 172 Å². The lowest BCUT2D eigenvalue weighted by atomic mass is 10.0. The van der Waals surface area contributed by atoms with Gasteiger partial charge < -0.3 is 4.74 Å². The molecule has 2 rings (SSSR count). The van der Waals surface area contributed by atoms with Crippen molar-refractivity contribution in [1.82, 2.24) is 4.31 Å². The van der Waals surface area contributed by atoms with Crippen LogP contribution < -0.4 is 0 Å². The molecule has 0 saturated heterocycles. The summed E-state index contributed by atoms with van der Waals surface area (Å²) in [6.07, 6.45) is -0.997. The Morgan fingerprint density at radius 1 is 0.931 bits per heavy atom. The molecule has 0 heterocycles. The van der Waals surface area contributed by atoms with Crippen molar-refractivity contribution in [2.45, 2.75) is 51.7 Å². The van der Waals surface area contributed by atoms with Gasteiger partial charge in [-0.1, -0.05) is 18.2 Å². The van der Waals surface area contributed by atoms with Crippen LogP contribution in [0.5, 0.6) is 0 Å². The predicted molar refractivity (Wildman–Crippen MR) is 112 cm³/mol. The molecule has 0 saturated carbocycles. The molecule has 1 atom stereocenters. The van der Waals surface area contributed by atoms with Gasteiger partial charge in [0, 0.05) is 18.7 Å². The van der Waals surface area contributed by atoms with Crippen molar-refractivity contribution in [2.24, 2.45) is 0 Å². The van der Waals surface area contributed by atoms with E-state index in [1.165, 1.54) is 42.5 Å². The summed E-state index contributed by atoms with van der Waals surface area (Å²) < 4.78 is 31.8. The Balaban J connectivity index is 2.20. The molecule has 0 aliphatic heterocycles. The number of esters is 1. The first-order valence-corrected chi connectivity index (χ1v) is 10.8. The van der Waals surface area contributed by atoms with Crippen LogP contribution >= 0.6 is 0 Å². The SMILES string of the molecule is Cc1ccc(C(=O)[C@@H](C)OC(=O)c2cccc(S(=O)(=O)N(C)C(C)C)c2)cc1C. The zero-order chi connectivity index (χ0) is 21.9. The minimum absolute atomic E-state index is 0.00344. The summed E-state index contributed by atoms with van der Waals surface area (Å²) in [6.45, 7) is 8.88. The van der Waals surface area contributed by atoms with E-state index >= 15 is 0 Å². The first kappa shape index (κ1) is 22.8. The van der Waals surface area contributed by atoms with Gasteiger partial charge in [0.25, 0.3) is 0 Å². The van der Waals surface area contributed by atoms with E-state index in [2.05, 4.69) is 0 Å². The minimum atomic E-state index is -3.73. The zero-order valence-electron chi connectivity index (χ0n) is 17.6. The Morgan fingerprint density at radius 3 is 2.17 bits per heavy atom. The van der Waals surface area contributed by atoms with Crippen LogP contribution in [-0.4, -0.2) is 43.7 Å². The van der Waals surface area contributed by atoms with Crippen molar-refractivity contribution in [3.05, 3.63) is 64.7 Å². The summed E-state index contributed by atoms with van der Waals surface area (Å²) in [7, 11) is -2.25. The molecule has 156 valence electrons. The number of hydrogen-bond acceptors (Lipinski definition) is 5. The normalized spacial score (nSPS) is 12.8. The Kier molecular flexibility index (Phi) is 6.97. The lowest BCUT2D eigenvalue weighted by molar-refractivity contribution is 0.0318. The second-order valence-corrected chi connectivity index (χ2v) is 9.35. The van der Waals surface area contributed by atoms with Crippen LogP contribution in [0.4, 0.5) is 0 Å². The number of ether oxygens (including phenoxy) is 1. The van der Waals surface area contributed by atoms with E-state index in [4.69, 9.17) is 4.74 Å².